The van der Waals surface area contributed by atoms with Crippen LogP contribution in [0.15, 0.2) is 33.6 Å². The number of benzene rings is 1. The van der Waals surface area contributed by atoms with Crippen LogP contribution in [-0.4, -0.2) is 24.9 Å². The van der Waals surface area contributed by atoms with Gasteiger partial charge in [0.2, 0.25) is 5.13 Å². The molecule has 3 rings (SSSR count). The van der Waals surface area contributed by atoms with Gasteiger partial charge in [-0.25, -0.2) is 4.39 Å². The highest BCUT2D eigenvalue weighted by molar-refractivity contribution is 8.01. The van der Waals surface area contributed by atoms with Crippen LogP contribution in [0.3, 0.4) is 0 Å². The van der Waals surface area contributed by atoms with E-state index in [1.807, 2.05) is 0 Å². The molecule has 3 aromatic rings. The van der Waals surface area contributed by atoms with Gasteiger partial charge in [-0.15, -0.1) is 10.2 Å². The van der Waals surface area contributed by atoms with Crippen LogP contribution in [0.25, 0.3) is 0 Å². The molecule has 0 radical (unpaired) electrons. The topological polar surface area (TPSA) is 98.8 Å². The number of hydrogen-bond donors (Lipinski definition) is 1. The van der Waals surface area contributed by atoms with Crippen molar-refractivity contribution in [1.82, 2.24) is 20.0 Å². The van der Waals surface area contributed by atoms with Crippen molar-refractivity contribution in [2.45, 2.75) is 22.8 Å². The molecular formula is C14H13FN6O2S2. The number of aryl methyl sites for hydroxylation is 2. The van der Waals surface area contributed by atoms with E-state index in [-0.39, 0.29) is 11.5 Å². The van der Waals surface area contributed by atoms with Gasteiger partial charge in [0.15, 0.2) is 9.37 Å². The molecule has 0 saturated heterocycles. The van der Waals surface area contributed by atoms with Gasteiger partial charge in [0, 0.05) is 13.6 Å². The van der Waals surface area contributed by atoms with E-state index >= 15 is 0 Å². The first-order valence-electron chi connectivity index (χ1n) is 7.11. The molecule has 1 aromatic carbocycles. The Hall–Kier alpha value is -2.53. The number of hydrogen-bond acceptors (Lipinski definition) is 8. The van der Waals surface area contributed by atoms with Crippen LogP contribution in [0.2, 0.25) is 0 Å². The molecule has 0 saturated carbocycles. The minimum absolute atomic E-state index is 0.0245. The van der Waals surface area contributed by atoms with Gasteiger partial charge in [0.25, 0.3) is 0 Å². The van der Waals surface area contributed by atoms with Crippen molar-refractivity contribution in [2.24, 2.45) is 7.05 Å². The first kappa shape index (κ1) is 17.3. The predicted molar refractivity (Wildman–Crippen MR) is 92.4 cm³/mol. The Labute approximate surface area is 150 Å². The fourth-order valence-corrected chi connectivity index (χ4v) is 3.99. The van der Waals surface area contributed by atoms with Crippen LogP contribution >= 0.6 is 23.1 Å². The molecule has 0 aliphatic heterocycles. The summed E-state index contributed by atoms with van der Waals surface area (Å²) in [6.07, 6.45) is 0. The van der Waals surface area contributed by atoms with Crippen molar-refractivity contribution in [1.29, 1.82) is 0 Å². The maximum Gasteiger partial charge on any atom is 0.324 e. The Bertz CT molecular complexity index is 909. The van der Waals surface area contributed by atoms with Gasteiger partial charge in [-0.1, -0.05) is 23.5 Å². The second-order valence-corrected chi connectivity index (χ2v) is 7.29. The maximum atomic E-state index is 12.9. The molecule has 11 heteroatoms. The zero-order valence-electron chi connectivity index (χ0n) is 13.3. The molecule has 130 valence electrons. The number of rotatable bonds is 6. The summed E-state index contributed by atoms with van der Waals surface area (Å²) in [4.78, 5) is 10.8. The summed E-state index contributed by atoms with van der Waals surface area (Å²) in [6, 6.07) is 6.14. The molecule has 0 aliphatic carbocycles. The molecule has 0 aliphatic rings. The van der Waals surface area contributed by atoms with E-state index in [0.717, 1.165) is 17.3 Å². The van der Waals surface area contributed by atoms with E-state index < -0.39 is 4.92 Å². The summed E-state index contributed by atoms with van der Waals surface area (Å²) < 4.78 is 14.9. The van der Waals surface area contributed by atoms with Crippen LogP contribution in [0.1, 0.15) is 11.3 Å². The molecule has 25 heavy (non-hydrogen) atoms. The minimum atomic E-state index is -0.445. The van der Waals surface area contributed by atoms with Gasteiger partial charge < -0.3 is 5.32 Å². The fourth-order valence-electron chi connectivity index (χ4n) is 2.14. The zero-order chi connectivity index (χ0) is 18.0. The van der Waals surface area contributed by atoms with E-state index in [1.54, 1.807) is 26.1 Å². The smallest absolute Gasteiger partial charge is 0.324 e. The van der Waals surface area contributed by atoms with Crippen molar-refractivity contribution in [3.8, 4) is 0 Å². The lowest BCUT2D eigenvalue weighted by Gasteiger charge is -2.01. The molecule has 8 nitrogen and oxygen atoms in total. The third-order valence-corrected chi connectivity index (χ3v) is 5.35. The van der Waals surface area contributed by atoms with Crippen molar-refractivity contribution >= 4 is 33.9 Å². The molecule has 0 spiro atoms. The number of anilines is 1. The quantitative estimate of drug-likeness (QED) is 0.517. The van der Waals surface area contributed by atoms with Crippen LogP contribution < -0.4 is 5.32 Å². The third-order valence-electron chi connectivity index (χ3n) is 3.27. The van der Waals surface area contributed by atoms with Crippen molar-refractivity contribution in [3.63, 3.8) is 0 Å². The van der Waals surface area contributed by atoms with Gasteiger partial charge in [0.05, 0.1) is 4.92 Å². The van der Waals surface area contributed by atoms with Crippen LogP contribution in [0.5, 0.6) is 0 Å². The number of nitro groups is 1. The summed E-state index contributed by atoms with van der Waals surface area (Å²) in [5, 5.41) is 27.4. The van der Waals surface area contributed by atoms with Gasteiger partial charge in [-0.3, -0.25) is 14.8 Å². The van der Waals surface area contributed by atoms with E-state index in [1.165, 1.54) is 28.2 Å². The Morgan fingerprint density at radius 1 is 1.36 bits per heavy atom. The van der Waals surface area contributed by atoms with Gasteiger partial charge in [0.1, 0.15) is 11.5 Å². The number of nitrogens with one attached hydrogen (secondary N) is 1. The second kappa shape index (κ2) is 7.15. The summed E-state index contributed by atoms with van der Waals surface area (Å²) in [5.41, 5.74) is 1.24. The normalized spacial score (nSPS) is 10.8. The molecular weight excluding hydrogens is 367 g/mol. The van der Waals surface area contributed by atoms with Crippen LogP contribution in [0, 0.1) is 22.9 Å². The summed E-state index contributed by atoms with van der Waals surface area (Å²) in [5.74, 6) is -0.286. The number of aromatic nitrogens is 4. The highest BCUT2D eigenvalue weighted by Crippen LogP contribution is 2.38. The SMILES string of the molecule is Cc1nn(C)c(Sc2nnc(NCc3ccc(F)cc3)s2)c1[N+](=O)[O-]. The molecule has 0 unspecified atom stereocenters. The van der Waals surface area contributed by atoms with E-state index in [9.17, 15) is 14.5 Å². The van der Waals surface area contributed by atoms with Crippen molar-refractivity contribution in [3.05, 3.63) is 51.5 Å². The highest BCUT2D eigenvalue weighted by Gasteiger charge is 2.25. The Kier molecular flexibility index (Phi) is 4.95. The molecule has 2 heterocycles. The van der Waals surface area contributed by atoms with E-state index in [2.05, 4.69) is 20.6 Å². The number of nitrogens with zero attached hydrogens (tertiary/aromatic N) is 5. The Balaban J connectivity index is 1.70. The van der Waals surface area contributed by atoms with Crippen LogP contribution in [-0.2, 0) is 13.6 Å². The van der Waals surface area contributed by atoms with Gasteiger partial charge >= 0.3 is 5.69 Å². The van der Waals surface area contributed by atoms with Gasteiger partial charge in [-0.2, -0.15) is 5.10 Å². The largest absolute Gasteiger partial charge is 0.356 e. The van der Waals surface area contributed by atoms with Crippen molar-refractivity contribution < 1.29 is 9.31 Å². The van der Waals surface area contributed by atoms with Gasteiger partial charge in [-0.05, 0) is 36.4 Å². The highest BCUT2D eigenvalue weighted by atomic mass is 32.2. The summed E-state index contributed by atoms with van der Waals surface area (Å²) in [7, 11) is 1.65. The lowest BCUT2D eigenvalue weighted by Crippen LogP contribution is -1.98. The Morgan fingerprint density at radius 3 is 2.76 bits per heavy atom. The fraction of sp³-hybridized carbons (Fsp3) is 0.214. The maximum absolute atomic E-state index is 12.9. The average molecular weight is 380 g/mol. The van der Waals surface area contributed by atoms with Crippen molar-refractivity contribution in [2.75, 3.05) is 5.32 Å². The zero-order valence-corrected chi connectivity index (χ0v) is 14.9. The molecule has 1 N–H and O–H groups in total. The Morgan fingerprint density at radius 2 is 2.08 bits per heavy atom. The summed E-state index contributed by atoms with van der Waals surface area (Å²) in [6.45, 7) is 2.07. The first-order chi connectivity index (χ1) is 11.9. The number of halogens is 1. The first-order valence-corrected chi connectivity index (χ1v) is 8.75. The standard InChI is InChI=1S/C14H13FN6O2S2/c1-8-11(21(22)23)12(20(2)19-8)24-14-18-17-13(25-14)16-7-9-3-5-10(15)6-4-9/h3-6H,7H2,1-2H3,(H,16,17). The van der Waals surface area contributed by atoms with E-state index in [4.69, 9.17) is 0 Å². The van der Waals surface area contributed by atoms with E-state index in [0.29, 0.717) is 26.7 Å². The minimum Gasteiger partial charge on any atom is -0.356 e. The lowest BCUT2D eigenvalue weighted by molar-refractivity contribution is -0.388. The predicted octanol–water partition coefficient (Wildman–Crippen LogP) is 3.39. The molecule has 2 aromatic heterocycles. The molecule has 0 fully saturated rings. The third kappa shape index (κ3) is 3.94. The lowest BCUT2D eigenvalue weighted by atomic mass is 10.2. The molecule has 0 bridgehead atoms. The summed E-state index contributed by atoms with van der Waals surface area (Å²) >= 11 is 2.43. The average Bonchev–Trinajstić information content (AvgIpc) is 3.11. The van der Waals surface area contributed by atoms with Crippen LogP contribution in [0.4, 0.5) is 15.2 Å². The monoisotopic (exact) mass is 380 g/mol. The molecule has 0 amide bonds. The second-order valence-electron chi connectivity index (χ2n) is 5.08. The molecule has 0 atom stereocenters.